The Labute approximate surface area is 556 Å². The summed E-state index contributed by atoms with van der Waals surface area (Å²) < 4.78 is 18.7. The summed E-state index contributed by atoms with van der Waals surface area (Å²) in [4.78, 5) is 109. The first-order valence-corrected chi connectivity index (χ1v) is 30.9. The first kappa shape index (κ1) is 66.9. The van der Waals surface area contributed by atoms with Crippen LogP contribution in [0.4, 0.5) is 0 Å². The fourth-order valence-corrected chi connectivity index (χ4v) is 12.1. The molecule has 6 aliphatic rings. The number of aromatic hydroxyl groups is 6. The number of aliphatic hydroxyl groups excluding tert-OH is 2. The quantitative estimate of drug-likeness (QED) is 0.0850. The minimum Gasteiger partial charge on any atom is -0.508 e. The first-order valence-electron chi connectivity index (χ1n) is 30.1. The highest BCUT2D eigenvalue weighted by Crippen LogP contribution is 2.48. The molecule has 29 heteroatoms. The second kappa shape index (κ2) is 27.4. The molecule has 16 N–H and O–H groups in total. The van der Waals surface area contributed by atoms with E-state index >= 15 is 24.0 Å². The minimum absolute atomic E-state index is 0.108. The van der Waals surface area contributed by atoms with Crippen LogP contribution in [0.25, 0.3) is 11.1 Å². The molecule has 500 valence electrons. The van der Waals surface area contributed by atoms with Gasteiger partial charge in [0, 0.05) is 49.3 Å². The summed E-state index contributed by atoms with van der Waals surface area (Å²) in [6.45, 7) is 3.65. The predicted octanol–water partition coefficient (Wildman–Crippen LogP) is 5.37. The second-order valence-corrected chi connectivity index (χ2v) is 24.4. The third-order valence-electron chi connectivity index (χ3n) is 16.8. The highest BCUT2D eigenvalue weighted by Gasteiger charge is 2.42. The van der Waals surface area contributed by atoms with Gasteiger partial charge in [-0.3, -0.25) is 38.9 Å². The molecule has 0 fully saturated rings. The van der Waals surface area contributed by atoms with Gasteiger partial charge in [-0.25, -0.2) is 0 Å². The van der Waals surface area contributed by atoms with E-state index in [1.807, 2.05) is 0 Å². The number of phenols is 6. The smallest absolute Gasteiger partial charge is 0.249 e. The van der Waals surface area contributed by atoms with Gasteiger partial charge in [0.25, 0.3) is 0 Å². The minimum atomic E-state index is -2.17. The van der Waals surface area contributed by atoms with Crippen molar-refractivity contribution in [2.45, 2.75) is 87.2 Å². The zero-order chi connectivity index (χ0) is 68.7. The standard InChI is InChI=1S/C67H65Cl2N9O18/c1-28(29(2)79)71-53-32-8-11-45(83)49(22-32)94-38-19-34(18-36(80)25-38)55-64(90)75-56-35-23-50(95-47-12-6-30(16-41(47)68)17-43(61(87)73-55)72-62(53)88)60(86)51(24-35)96-48-13-9-33(21-42(48)69)59(85)58-66(92)76-57(67(93)78(4)15-5-14-70-3)40-26-37(81)27-46(84)52(40)39-20-31(7-10-44(39)82)54(63(89)77-58)74-65(56)91/h6-13,16,18-29,43,53-59,70-71,79-86H,5,14-15,17H2,1-4H3,(H,72,88)(H,73,87)(H,74,91)(H,75,90)(H,76,92)(H,77,89)/t28?,29?,43-,53+,54-,55+,56-,57-,58+,59-/m1/s1. The summed E-state index contributed by atoms with van der Waals surface area (Å²) in [5.41, 5.74) is -1.37. The lowest BCUT2D eigenvalue weighted by Gasteiger charge is -2.32. The number of nitrogens with one attached hydrogen (secondary N) is 8. The number of rotatable bonds is 8. The molecule has 0 aromatic heterocycles. The molecule has 13 rings (SSSR count). The number of likely N-dealkylation sites (N-methyl/N-ethyl adjacent to an activating group) is 1. The molecular weight excluding hydrogens is 1290 g/mol. The van der Waals surface area contributed by atoms with Crippen molar-refractivity contribution in [2.24, 2.45) is 0 Å². The van der Waals surface area contributed by atoms with Crippen LogP contribution in [0.15, 0.2) is 115 Å². The van der Waals surface area contributed by atoms with Crippen molar-refractivity contribution >= 4 is 64.6 Å². The molecule has 96 heavy (non-hydrogen) atoms. The van der Waals surface area contributed by atoms with Crippen molar-refractivity contribution in [2.75, 3.05) is 27.2 Å². The molecule has 7 aromatic rings. The molecule has 6 aliphatic heterocycles. The molecule has 0 radical (unpaired) electrons. The van der Waals surface area contributed by atoms with E-state index in [0.29, 0.717) is 18.5 Å². The normalized spacial score (nSPS) is 21.5. The Kier molecular flexibility index (Phi) is 19.1. The number of phenolic OH excluding ortho intramolecular Hbond substituents is 6. The molecule has 17 bridgehead atoms. The van der Waals surface area contributed by atoms with Crippen molar-refractivity contribution in [3.8, 4) is 80.1 Å². The van der Waals surface area contributed by atoms with Gasteiger partial charge in [0.15, 0.2) is 23.0 Å². The van der Waals surface area contributed by atoms with E-state index in [4.69, 9.17) is 37.4 Å². The fraction of sp³-hybridized carbons (Fsp3) is 0.269. The van der Waals surface area contributed by atoms with Gasteiger partial charge in [-0.2, -0.15) is 0 Å². The summed E-state index contributed by atoms with van der Waals surface area (Å²) in [6.07, 6.45) is -3.06. The van der Waals surface area contributed by atoms with Gasteiger partial charge in [0.2, 0.25) is 47.1 Å². The highest BCUT2D eigenvalue weighted by molar-refractivity contribution is 6.32. The predicted molar refractivity (Wildman–Crippen MR) is 344 cm³/mol. The van der Waals surface area contributed by atoms with Gasteiger partial charge in [0.1, 0.15) is 88.6 Å². The average Bonchev–Trinajstić information content (AvgIpc) is 0.770. The fourth-order valence-electron chi connectivity index (χ4n) is 11.6. The van der Waals surface area contributed by atoms with Gasteiger partial charge < -0.3 is 97.2 Å². The van der Waals surface area contributed by atoms with E-state index in [-0.39, 0.29) is 90.5 Å². The topological polar surface area (TPSA) is 409 Å². The van der Waals surface area contributed by atoms with Crippen LogP contribution >= 0.6 is 23.2 Å². The summed E-state index contributed by atoms with van der Waals surface area (Å²) in [6, 6.07) is 8.87. The van der Waals surface area contributed by atoms with Crippen molar-refractivity contribution < 1.29 is 88.6 Å². The van der Waals surface area contributed by atoms with Crippen molar-refractivity contribution in [1.29, 1.82) is 0 Å². The lowest BCUT2D eigenvalue weighted by atomic mass is 9.89. The molecule has 7 amide bonds. The van der Waals surface area contributed by atoms with Crippen LogP contribution in [0.3, 0.4) is 0 Å². The van der Waals surface area contributed by atoms with E-state index in [0.717, 1.165) is 48.5 Å². The van der Waals surface area contributed by atoms with Gasteiger partial charge >= 0.3 is 0 Å². The van der Waals surface area contributed by atoms with E-state index in [1.165, 1.54) is 85.6 Å². The first-order chi connectivity index (χ1) is 45.7. The molecule has 2 unspecified atom stereocenters. The van der Waals surface area contributed by atoms with Crippen LogP contribution < -0.4 is 56.7 Å². The van der Waals surface area contributed by atoms with Gasteiger partial charge in [-0.15, -0.1) is 0 Å². The lowest BCUT2D eigenvalue weighted by Crippen LogP contribution is -2.56. The number of halogens is 2. The molecule has 0 saturated carbocycles. The Bertz CT molecular complexity index is 4310. The van der Waals surface area contributed by atoms with Crippen molar-refractivity contribution in [3.63, 3.8) is 0 Å². The van der Waals surface area contributed by atoms with Crippen molar-refractivity contribution in [1.82, 2.24) is 47.4 Å². The number of aliphatic hydroxyl groups is 2. The second-order valence-electron chi connectivity index (χ2n) is 23.6. The van der Waals surface area contributed by atoms with Gasteiger partial charge in [-0.1, -0.05) is 47.5 Å². The number of hydrogen-bond acceptors (Lipinski definition) is 20. The Hall–Kier alpha value is -10.6. The number of amides is 7. The Morgan fingerprint density at radius 2 is 1.18 bits per heavy atom. The van der Waals surface area contributed by atoms with E-state index in [2.05, 4.69) is 42.5 Å². The van der Waals surface area contributed by atoms with E-state index in [1.54, 1.807) is 14.0 Å². The van der Waals surface area contributed by atoms with Crippen LogP contribution in [-0.2, 0) is 40.0 Å². The SMILES string of the molecule is CNCCCN(C)C(=O)[C@@H]1NC(=O)[C@H]2NC(=O)[C@H](NC(=O)[C@@H]3NC(=O)[C@H]4NC(=O)[C@@H](Cc5ccc(c(Cl)c5)Oc5cc3cc(c5O)Oc3ccc(cc3Cl)[C@H]2O)NC(=O)[C@@H](NC(C)C(C)O)c2ccc(O)c(c2)Oc2cc(O)cc4c2)c2ccc(O)c(c2)-c2c(O)cc(O)cc21. The van der Waals surface area contributed by atoms with Gasteiger partial charge in [-0.05, 0) is 152 Å². The van der Waals surface area contributed by atoms with Crippen LogP contribution in [-0.4, -0.2) is 139 Å². The maximum absolute atomic E-state index is 16.0. The molecule has 27 nitrogen and oxygen atoms in total. The maximum atomic E-state index is 16.0. The zero-order valence-electron chi connectivity index (χ0n) is 51.4. The molecule has 0 saturated heterocycles. The maximum Gasteiger partial charge on any atom is 0.249 e. The van der Waals surface area contributed by atoms with E-state index in [9.17, 15) is 50.4 Å². The molecule has 0 spiro atoms. The largest absolute Gasteiger partial charge is 0.508 e. The van der Waals surface area contributed by atoms with Crippen LogP contribution in [0.1, 0.15) is 95.5 Å². The number of hydrogen-bond donors (Lipinski definition) is 16. The van der Waals surface area contributed by atoms with Crippen LogP contribution in [0.2, 0.25) is 10.0 Å². The Morgan fingerprint density at radius 3 is 1.84 bits per heavy atom. The van der Waals surface area contributed by atoms with Crippen LogP contribution in [0, 0.1) is 0 Å². The van der Waals surface area contributed by atoms with E-state index < -0.39 is 148 Å². The molecule has 7 aromatic carbocycles. The van der Waals surface area contributed by atoms with Gasteiger partial charge in [0.05, 0.1) is 16.1 Å². The summed E-state index contributed by atoms with van der Waals surface area (Å²) in [5, 5.41) is 114. The molecular formula is C67H65Cl2N9O18. The average molecular weight is 1360 g/mol. The summed E-state index contributed by atoms with van der Waals surface area (Å²) in [7, 11) is 3.14. The number of ether oxygens (including phenoxy) is 3. The number of carbonyl (C=O) groups is 7. The number of benzene rings is 7. The highest BCUT2D eigenvalue weighted by atomic mass is 35.5. The molecule has 0 aliphatic carbocycles. The summed E-state index contributed by atoms with van der Waals surface area (Å²) >= 11 is 13.9. The number of nitrogens with zero attached hydrogens (tertiary/aromatic N) is 1. The number of fused-ring (bicyclic) bond motifs is 14. The number of carbonyl (C=O) groups excluding carboxylic acids is 7. The monoisotopic (exact) mass is 1350 g/mol. The third kappa shape index (κ3) is 13.8. The zero-order valence-corrected chi connectivity index (χ0v) is 52.9. The lowest BCUT2D eigenvalue weighted by molar-refractivity contribution is -0.139. The summed E-state index contributed by atoms with van der Waals surface area (Å²) in [5.74, 6) is -13.3. The third-order valence-corrected chi connectivity index (χ3v) is 17.4. The molecule has 10 atom stereocenters. The Morgan fingerprint density at radius 1 is 0.583 bits per heavy atom. The Balaban J connectivity index is 1.12. The molecule has 6 heterocycles. The van der Waals surface area contributed by atoms with Crippen LogP contribution in [0.5, 0.6) is 69.0 Å². The van der Waals surface area contributed by atoms with Crippen molar-refractivity contribution in [3.05, 3.63) is 164 Å².